The van der Waals surface area contributed by atoms with Crippen LogP contribution in [-0.2, 0) is 22.6 Å². The maximum absolute atomic E-state index is 11.4. The highest BCUT2D eigenvalue weighted by atomic mass is 16.5. The molecular formula is C18H20N2O3. The predicted molar refractivity (Wildman–Crippen MR) is 87.4 cm³/mol. The van der Waals surface area contributed by atoms with Gasteiger partial charge in [0.1, 0.15) is 12.4 Å². The molecule has 23 heavy (non-hydrogen) atoms. The third-order valence-electron chi connectivity index (χ3n) is 3.50. The van der Waals surface area contributed by atoms with Crippen molar-refractivity contribution in [1.29, 1.82) is 0 Å². The van der Waals surface area contributed by atoms with Crippen LogP contribution in [0.4, 0.5) is 0 Å². The minimum absolute atomic E-state index is 0.0401. The van der Waals surface area contributed by atoms with Crippen molar-refractivity contribution in [2.24, 2.45) is 17.4 Å². The van der Waals surface area contributed by atoms with Crippen molar-refractivity contribution in [2.45, 2.75) is 19.4 Å². The van der Waals surface area contributed by atoms with Gasteiger partial charge in [-0.15, -0.1) is 0 Å². The summed E-state index contributed by atoms with van der Waals surface area (Å²) in [6.45, 7) is 0.492. The van der Waals surface area contributed by atoms with E-state index in [1.807, 2.05) is 54.6 Å². The van der Waals surface area contributed by atoms with Gasteiger partial charge >= 0.3 is 0 Å². The average Bonchev–Trinajstić information content (AvgIpc) is 2.54. The van der Waals surface area contributed by atoms with Crippen LogP contribution in [-0.4, -0.2) is 11.8 Å². The monoisotopic (exact) mass is 312 g/mol. The molecule has 0 spiro atoms. The standard InChI is InChI=1S/C18H20N2O3/c19-17(21)11-15(18(20)22)10-13-6-8-16(9-7-13)23-12-14-4-2-1-3-5-14/h1-9,15H,10-12H2,(H2,19,21)(H2,20,22)/t15-/m1/s1. The van der Waals surface area contributed by atoms with Gasteiger partial charge in [-0.1, -0.05) is 42.5 Å². The summed E-state index contributed by atoms with van der Waals surface area (Å²) in [5.74, 6) is -0.892. The van der Waals surface area contributed by atoms with Gasteiger partial charge in [0.05, 0.1) is 5.92 Å². The Kier molecular flexibility index (Phi) is 5.74. The number of benzene rings is 2. The Bertz CT molecular complexity index is 654. The minimum atomic E-state index is -0.580. The van der Waals surface area contributed by atoms with Gasteiger partial charge < -0.3 is 16.2 Å². The average molecular weight is 312 g/mol. The first-order valence-corrected chi connectivity index (χ1v) is 7.38. The number of hydrogen-bond donors (Lipinski definition) is 2. The van der Waals surface area contributed by atoms with Crippen molar-refractivity contribution in [2.75, 3.05) is 0 Å². The molecule has 0 bridgehead atoms. The number of hydrogen-bond acceptors (Lipinski definition) is 3. The Hall–Kier alpha value is -2.82. The molecule has 2 aromatic carbocycles. The molecule has 4 N–H and O–H groups in total. The third kappa shape index (κ3) is 5.47. The van der Waals surface area contributed by atoms with E-state index in [-0.39, 0.29) is 6.42 Å². The molecule has 1 atom stereocenters. The van der Waals surface area contributed by atoms with E-state index >= 15 is 0 Å². The van der Waals surface area contributed by atoms with E-state index < -0.39 is 17.7 Å². The highest BCUT2D eigenvalue weighted by molar-refractivity contribution is 5.84. The van der Waals surface area contributed by atoms with Crippen molar-refractivity contribution in [3.05, 3.63) is 65.7 Å². The maximum atomic E-state index is 11.4. The fourth-order valence-electron chi connectivity index (χ4n) is 2.26. The first-order chi connectivity index (χ1) is 11.0. The Labute approximate surface area is 135 Å². The SMILES string of the molecule is NC(=O)C[C@@H](Cc1ccc(OCc2ccccc2)cc1)C(N)=O. The molecule has 5 heteroatoms. The zero-order chi connectivity index (χ0) is 16.7. The summed E-state index contributed by atoms with van der Waals surface area (Å²) in [5, 5.41) is 0. The summed E-state index contributed by atoms with van der Waals surface area (Å²) in [4.78, 5) is 22.3. The van der Waals surface area contributed by atoms with Crippen LogP contribution < -0.4 is 16.2 Å². The summed E-state index contributed by atoms with van der Waals surface area (Å²) in [5.41, 5.74) is 12.4. The molecule has 0 saturated heterocycles. The van der Waals surface area contributed by atoms with Gasteiger partial charge in [0.2, 0.25) is 11.8 Å². The molecule has 0 aromatic heterocycles. The molecule has 2 aromatic rings. The zero-order valence-electron chi connectivity index (χ0n) is 12.8. The smallest absolute Gasteiger partial charge is 0.221 e. The van der Waals surface area contributed by atoms with Crippen molar-refractivity contribution >= 4 is 11.8 Å². The molecular weight excluding hydrogens is 292 g/mol. The highest BCUT2D eigenvalue weighted by Crippen LogP contribution is 2.18. The molecule has 0 fully saturated rings. The molecule has 0 aliphatic heterocycles. The summed E-state index contributed by atoms with van der Waals surface area (Å²) in [6, 6.07) is 17.3. The van der Waals surface area contributed by atoms with E-state index in [4.69, 9.17) is 16.2 Å². The summed E-state index contributed by atoms with van der Waals surface area (Å²) < 4.78 is 5.70. The number of carbonyl (C=O) groups is 2. The first kappa shape index (κ1) is 16.5. The quantitative estimate of drug-likeness (QED) is 0.777. The second kappa shape index (κ2) is 7.98. The maximum Gasteiger partial charge on any atom is 0.221 e. The summed E-state index contributed by atoms with van der Waals surface area (Å²) >= 11 is 0. The van der Waals surface area contributed by atoms with Crippen molar-refractivity contribution in [3.63, 3.8) is 0 Å². The van der Waals surface area contributed by atoms with Gasteiger partial charge in [-0.25, -0.2) is 0 Å². The molecule has 0 heterocycles. The van der Waals surface area contributed by atoms with Crippen LogP contribution in [0.15, 0.2) is 54.6 Å². The molecule has 2 amide bonds. The lowest BCUT2D eigenvalue weighted by Gasteiger charge is -2.12. The second-order valence-electron chi connectivity index (χ2n) is 5.39. The normalized spacial score (nSPS) is 11.7. The van der Waals surface area contributed by atoms with Crippen LogP contribution in [0.1, 0.15) is 17.5 Å². The fourth-order valence-corrected chi connectivity index (χ4v) is 2.26. The van der Waals surface area contributed by atoms with E-state index in [1.54, 1.807) is 0 Å². The number of amides is 2. The Morgan fingerprint density at radius 1 is 0.913 bits per heavy atom. The van der Waals surface area contributed by atoms with Gasteiger partial charge in [0.25, 0.3) is 0 Å². The number of carbonyl (C=O) groups excluding carboxylic acids is 2. The van der Waals surface area contributed by atoms with Gasteiger partial charge in [-0.2, -0.15) is 0 Å². The molecule has 120 valence electrons. The molecule has 0 unspecified atom stereocenters. The minimum Gasteiger partial charge on any atom is -0.489 e. The second-order valence-corrected chi connectivity index (χ2v) is 5.39. The van der Waals surface area contributed by atoms with Crippen molar-refractivity contribution < 1.29 is 14.3 Å². The lowest BCUT2D eigenvalue weighted by molar-refractivity contribution is -0.126. The predicted octanol–water partition coefficient (Wildman–Crippen LogP) is 1.78. The van der Waals surface area contributed by atoms with Gasteiger partial charge in [0, 0.05) is 6.42 Å². The zero-order valence-corrected chi connectivity index (χ0v) is 12.8. The Balaban J connectivity index is 1.93. The molecule has 0 aliphatic carbocycles. The third-order valence-corrected chi connectivity index (χ3v) is 3.50. The van der Waals surface area contributed by atoms with Crippen LogP contribution in [0.5, 0.6) is 5.75 Å². The van der Waals surface area contributed by atoms with Gasteiger partial charge in [0.15, 0.2) is 0 Å². The van der Waals surface area contributed by atoms with Crippen molar-refractivity contribution in [1.82, 2.24) is 0 Å². The molecule has 0 radical (unpaired) electrons. The summed E-state index contributed by atoms with van der Waals surface area (Å²) in [6.07, 6.45) is 0.346. The summed E-state index contributed by atoms with van der Waals surface area (Å²) in [7, 11) is 0. The number of nitrogens with two attached hydrogens (primary N) is 2. The topological polar surface area (TPSA) is 95.4 Å². The van der Waals surface area contributed by atoms with E-state index in [0.29, 0.717) is 13.0 Å². The van der Waals surface area contributed by atoms with E-state index in [9.17, 15) is 9.59 Å². The number of primary amides is 2. The van der Waals surface area contributed by atoms with Crippen LogP contribution in [0, 0.1) is 5.92 Å². The molecule has 2 rings (SSSR count). The van der Waals surface area contributed by atoms with E-state index in [2.05, 4.69) is 0 Å². The number of ether oxygens (including phenoxy) is 1. The van der Waals surface area contributed by atoms with E-state index in [1.165, 1.54) is 0 Å². The Morgan fingerprint density at radius 2 is 1.57 bits per heavy atom. The van der Waals surface area contributed by atoms with Crippen LogP contribution in [0.25, 0.3) is 0 Å². The lowest BCUT2D eigenvalue weighted by Crippen LogP contribution is -2.29. The van der Waals surface area contributed by atoms with Crippen LogP contribution >= 0.6 is 0 Å². The first-order valence-electron chi connectivity index (χ1n) is 7.38. The van der Waals surface area contributed by atoms with Crippen LogP contribution in [0.3, 0.4) is 0 Å². The van der Waals surface area contributed by atoms with Gasteiger partial charge in [-0.3, -0.25) is 9.59 Å². The van der Waals surface area contributed by atoms with Gasteiger partial charge in [-0.05, 0) is 29.7 Å². The fraction of sp³-hybridized carbons (Fsp3) is 0.222. The van der Waals surface area contributed by atoms with Crippen LogP contribution in [0.2, 0.25) is 0 Å². The Morgan fingerprint density at radius 3 is 2.13 bits per heavy atom. The lowest BCUT2D eigenvalue weighted by atomic mass is 9.95. The van der Waals surface area contributed by atoms with E-state index in [0.717, 1.165) is 16.9 Å². The molecule has 0 saturated carbocycles. The molecule has 0 aliphatic rings. The highest BCUT2D eigenvalue weighted by Gasteiger charge is 2.18. The molecule has 5 nitrogen and oxygen atoms in total. The van der Waals surface area contributed by atoms with Crippen molar-refractivity contribution in [3.8, 4) is 5.75 Å². The largest absolute Gasteiger partial charge is 0.489 e. The number of rotatable bonds is 8.